The predicted molar refractivity (Wildman–Crippen MR) is 180 cm³/mol. The molecule has 3 fully saturated rings. The molecule has 2 bridgehead atoms. The van der Waals surface area contributed by atoms with Gasteiger partial charge in [-0.15, -0.1) is 24.9 Å². The monoisotopic (exact) mass is 617 g/mol. The molecule has 0 saturated carbocycles. The summed E-state index contributed by atoms with van der Waals surface area (Å²) in [6, 6.07) is 13.4. The zero-order valence-electron chi connectivity index (χ0n) is 26.2. The first-order chi connectivity index (χ1) is 21.3. The van der Waals surface area contributed by atoms with Crippen LogP contribution in [0.25, 0.3) is 10.8 Å². The Hall–Kier alpha value is -3.10. The zero-order valence-corrected chi connectivity index (χ0v) is 27.1. The molecule has 7 nitrogen and oxygen atoms in total. The van der Waals surface area contributed by atoms with Crippen LogP contribution in [0.1, 0.15) is 58.8 Å². The number of hydrogen-bond donors (Lipinski definition) is 1. The van der Waals surface area contributed by atoms with E-state index in [1.165, 1.54) is 0 Å². The molecule has 1 spiro atoms. The predicted octanol–water partition coefficient (Wildman–Crippen LogP) is 5.82. The standard InChI is InChI=1S/C36H47N3O4S/c1-5-20-37(21-6-2)32(41)29-30-33(42)39(23-12-8-9-13-24-40)31(36(30)19-18-35(29,4)44-36)34(43)38(22-7-3)28-17-16-26-14-10-11-15-27(26)25-28/h5,7,10-11,14-17,25,29-31,40H,1,3,6,8-9,12-13,18-24H2,2,4H3/t29-,30+,31?,35+,36?/m1/s1. The van der Waals surface area contributed by atoms with Crippen molar-refractivity contribution in [3.8, 4) is 0 Å². The lowest BCUT2D eigenvalue weighted by Crippen LogP contribution is -2.55. The summed E-state index contributed by atoms with van der Waals surface area (Å²) in [5.41, 5.74) is 0.778. The second kappa shape index (κ2) is 13.5. The molecule has 5 atom stereocenters. The van der Waals surface area contributed by atoms with Gasteiger partial charge in [-0.05, 0) is 61.9 Å². The Labute approximate surface area is 266 Å². The number of carbonyl (C=O) groups excluding carboxylic acids is 3. The average Bonchev–Trinajstić information content (AvgIpc) is 3.59. The Morgan fingerprint density at radius 3 is 2.45 bits per heavy atom. The number of carbonyl (C=O) groups is 3. The van der Waals surface area contributed by atoms with Crippen LogP contribution in [0.15, 0.2) is 67.8 Å². The van der Waals surface area contributed by atoms with Crippen molar-refractivity contribution in [2.45, 2.75) is 74.3 Å². The highest BCUT2D eigenvalue weighted by Gasteiger charge is 2.77. The van der Waals surface area contributed by atoms with E-state index in [0.29, 0.717) is 26.2 Å². The van der Waals surface area contributed by atoms with Gasteiger partial charge in [0.15, 0.2) is 0 Å². The van der Waals surface area contributed by atoms with Crippen LogP contribution in [0.3, 0.4) is 0 Å². The van der Waals surface area contributed by atoms with E-state index in [1.807, 2.05) is 46.2 Å². The molecule has 1 N–H and O–H groups in total. The summed E-state index contributed by atoms with van der Waals surface area (Å²) >= 11 is 1.72. The highest BCUT2D eigenvalue weighted by Crippen LogP contribution is 2.71. The summed E-state index contributed by atoms with van der Waals surface area (Å²) in [6.07, 6.45) is 9.02. The van der Waals surface area contributed by atoms with Gasteiger partial charge in [-0.1, -0.05) is 62.2 Å². The van der Waals surface area contributed by atoms with Crippen LogP contribution in [0.2, 0.25) is 0 Å². The highest BCUT2D eigenvalue weighted by atomic mass is 32.2. The van der Waals surface area contributed by atoms with Gasteiger partial charge in [0, 0.05) is 43.2 Å². The molecule has 3 heterocycles. The van der Waals surface area contributed by atoms with Gasteiger partial charge in [0.25, 0.3) is 5.91 Å². The highest BCUT2D eigenvalue weighted by molar-refractivity contribution is 8.02. The lowest BCUT2D eigenvalue weighted by molar-refractivity contribution is -0.145. The Balaban J connectivity index is 1.55. The van der Waals surface area contributed by atoms with E-state index in [0.717, 1.165) is 61.4 Å². The molecule has 2 aromatic rings. The summed E-state index contributed by atoms with van der Waals surface area (Å²) in [5, 5.41) is 11.4. The summed E-state index contributed by atoms with van der Waals surface area (Å²) in [4.78, 5) is 49.2. The Morgan fingerprint density at radius 2 is 1.75 bits per heavy atom. The summed E-state index contributed by atoms with van der Waals surface area (Å²) in [5.74, 6) is -1.19. The maximum absolute atomic E-state index is 14.9. The van der Waals surface area contributed by atoms with Gasteiger partial charge in [-0.2, -0.15) is 0 Å². The van der Waals surface area contributed by atoms with E-state index >= 15 is 0 Å². The van der Waals surface area contributed by atoms with Gasteiger partial charge < -0.3 is 19.8 Å². The van der Waals surface area contributed by atoms with E-state index in [2.05, 4.69) is 33.1 Å². The van der Waals surface area contributed by atoms with Gasteiger partial charge in [0.2, 0.25) is 11.8 Å². The fourth-order valence-corrected chi connectivity index (χ4v) is 10.3. The normalized spacial score (nSPS) is 27.0. The number of amides is 3. The molecule has 3 amide bonds. The number of thioether (sulfide) groups is 1. The smallest absolute Gasteiger partial charge is 0.251 e. The SMILES string of the molecule is C=CCN(CCC)C(=O)[C@H]1[C@H]2C(=O)N(CCCCCCO)C(C(=O)N(CC=C)c3ccc4ccccc4c3)C23CC[C@]1(C)S3. The zero-order chi connectivity index (χ0) is 31.5. The molecule has 0 aromatic heterocycles. The van der Waals surface area contributed by atoms with Crippen molar-refractivity contribution in [1.82, 2.24) is 9.80 Å². The topological polar surface area (TPSA) is 81.2 Å². The van der Waals surface area contributed by atoms with Crippen molar-refractivity contribution >= 4 is 45.9 Å². The maximum Gasteiger partial charge on any atom is 0.251 e. The number of likely N-dealkylation sites (tertiary alicyclic amines) is 1. The van der Waals surface area contributed by atoms with Crippen molar-refractivity contribution in [3.05, 3.63) is 67.8 Å². The molecule has 2 unspecified atom stereocenters. The first-order valence-electron chi connectivity index (χ1n) is 16.2. The number of aliphatic hydroxyl groups is 1. The quantitative estimate of drug-likeness (QED) is 0.201. The van der Waals surface area contributed by atoms with Crippen LogP contribution in [-0.4, -0.2) is 80.9 Å². The Kier molecular flexibility index (Phi) is 9.90. The first kappa shape index (κ1) is 32.3. The molecule has 0 aliphatic carbocycles. The van der Waals surface area contributed by atoms with Crippen LogP contribution in [-0.2, 0) is 14.4 Å². The number of fused-ring (bicyclic) bond motifs is 2. The first-order valence-corrected chi connectivity index (χ1v) is 17.0. The van der Waals surface area contributed by atoms with Crippen molar-refractivity contribution in [2.75, 3.05) is 37.7 Å². The second-order valence-corrected chi connectivity index (χ2v) is 14.6. The molecular weight excluding hydrogens is 570 g/mol. The lowest BCUT2D eigenvalue weighted by atomic mass is 9.66. The number of benzene rings is 2. The third-order valence-corrected chi connectivity index (χ3v) is 11.8. The van der Waals surface area contributed by atoms with Gasteiger partial charge in [-0.3, -0.25) is 14.4 Å². The van der Waals surface area contributed by atoms with Crippen LogP contribution < -0.4 is 4.90 Å². The Morgan fingerprint density at radius 1 is 1.02 bits per heavy atom. The van der Waals surface area contributed by atoms with Crippen molar-refractivity contribution < 1.29 is 19.5 Å². The summed E-state index contributed by atoms with van der Waals surface area (Å²) in [7, 11) is 0. The van der Waals surface area contributed by atoms with Gasteiger partial charge in [-0.25, -0.2) is 0 Å². The van der Waals surface area contributed by atoms with E-state index in [1.54, 1.807) is 28.8 Å². The van der Waals surface area contributed by atoms with E-state index in [-0.39, 0.29) is 24.3 Å². The summed E-state index contributed by atoms with van der Waals surface area (Å²) < 4.78 is -1.08. The van der Waals surface area contributed by atoms with E-state index in [9.17, 15) is 19.5 Å². The van der Waals surface area contributed by atoms with Gasteiger partial charge >= 0.3 is 0 Å². The molecule has 236 valence electrons. The van der Waals surface area contributed by atoms with Crippen molar-refractivity contribution in [3.63, 3.8) is 0 Å². The number of nitrogens with zero attached hydrogens (tertiary/aromatic N) is 3. The third-order valence-electron chi connectivity index (χ3n) is 9.86. The minimum Gasteiger partial charge on any atom is -0.396 e. The van der Waals surface area contributed by atoms with Crippen LogP contribution in [0, 0.1) is 11.8 Å². The summed E-state index contributed by atoms with van der Waals surface area (Å²) in [6.45, 7) is 14.0. The fraction of sp³-hybridized carbons (Fsp3) is 0.528. The maximum atomic E-state index is 14.9. The number of aliphatic hydroxyl groups excluding tert-OH is 1. The largest absolute Gasteiger partial charge is 0.396 e. The molecule has 3 aliphatic rings. The minimum absolute atomic E-state index is 0.00940. The average molecular weight is 618 g/mol. The minimum atomic E-state index is -0.673. The Bertz CT molecular complexity index is 1410. The number of rotatable bonds is 15. The van der Waals surface area contributed by atoms with Crippen molar-refractivity contribution in [1.29, 1.82) is 0 Å². The van der Waals surface area contributed by atoms with Crippen LogP contribution >= 0.6 is 11.8 Å². The fourth-order valence-electron chi connectivity index (χ4n) is 7.93. The molecule has 5 rings (SSSR count). The molecule has 3 saturated heterocycles. The molecule has 8 heteroatoms. The van der Waals surface area contributed by atoms with E-state index in [4.69, 9.17) is 0 Å². The molecule has 0 radical (unpaired) electrons. The second-order valence-electron chi connectivity index (χ2n) is 12.7. The van der Waals surface area contributed by atoms with E-state index < -0.39 is 27.4 Å². The van der Waals surface area contributed by atoms with Gasteiger partial charge in [0.1, 0.15) is 6.04 Å². The molecule has 44 heavy (non-hydrogen) atoms. The number of hydrogen-bond acceptors (Lipinski definition) is 5. The van der Waals surface area contributed by atoms with Crippen molar-refractivity contribution in [2.24, 2.45) is 11.8 Å². The van der Waals surface area contributed by atoms with Crippen LogP contribution in [0.4, 0.5) is 5.69 Å². The number of unbranched alkanes of at least 4 members (excludes halogenated alkanes) is 3. The molecule has 3 aliphatic heterocycles. The van der Waals surface area contributed by atoms with Gasteiger partial charge in [0.05, 0.1) is 16.6 Å². The lowest BCUT2D eigenvalue weighted by Gasteiger charge is -2.38. The third kappa shape index (κ3) is 5.60. The van der Waals surface area contributed by atoms with Crippen LogP contribution in [0.5, 0.6) is 0 Å². The molecular formula is C36H47N3O4S. The number of anilines is 1. The molecule has 2 aromatic carbocycles.